The van der Waals surface area contributed by atoms with E-state index in [9.17, 15) is 13.2 Å². The first-order valence-electron chi connectivity index (χ1n) is 8.32. The Bertz CT molecular complexity index is 965. The summed E-state index contributed by atoms with van der Waals surface area (Å²) < 4.78 is 27.7. The SMILES string of the molecule is CC(C)(C)NC(=O)c1ccc(Cl)c(S(=O)(=O)N2CCc3ccccc32)c1. The minimum Gasteiger partial charge on any atom is -0.347 e. The standard InChI is InChI=1S/C19H21ClN2O3S/c1-19(2,3)21-18(23)14-8-9-15(20)17(12-14)26(24,25)22-11-10-13-6-4-5-7-16(13)22/h4-9,12H,10-11H2,1-3H3,(H,21,23). The number of halogens is 1. The van der Waals surface area contributed by atoms with Crippen molar-refractivity contribution in [3.8, 4) is 0 Å². The zero-order chi connectivity index (χ0) is 19.1. The summed E-state index contributed by atoms with van der Waals surface area (Å²) in [5.74, 6) is -0.340. The van der Waals surface area contributed by atoms with Gasteiger partial charge in [0.15, 0.2) is 0 Å². The van der Waals surface area contributed by atoms with Gasteiger partial charge in [-0.1, -0.05) is 29.8 Å². The molecule has 0 radical (unpaired) electrons. The molecule has 0 unspecified atom stereocenters. The molecule has 0 atom stereocenters. The van der Waals surface area contributed by atoms with Gasteiger partial charge in [0.05, 0.1) is 10.7 Å². The van der Waals surface area contributed by atoms with Crippen LogP contribution in [0.2, 0.25) is 5.02 Å². The molecule has 0 aliphatic carbocycles. The molecule has 7 heteroatoms. The van der Waals surface area contributed by atoms with Crippen molar-refractivity contribution in [3.05, 3.63) is 58.6 Å². The Kier molecular flexibility index (Phi) is 4.75. The molecular formula is C19H21ClN2O3S. The highest BCUT2D eigenvalue weighted by atomic mass is 35.5. The molecule has 1 aliphatic heterocycles. The Morgan fingerprint density at radius 1 is 1.15 bits per heavy atom. The maximum Gasteiger partial charge on any atom is 0.265 e. The van der Waals surface area contributed by atoms with Gasteiger partial charge < -0.3 is 5.32 Å². The van der Waals surface area contributed by atoms with Gasteiger partial charge >= 0.3 is 0 Å². The number of benzene rings is 2. The quantitative estimate of drug-likeness (QED) is 0.867. The van der Waals surface area contributed by atoms with Gasteiger partial charge in [-0.15, -0.1) is 0 Å². The maximum absolute atomic E-state index is 13.2. The van der Waals surface area contributed by atoms with Gasteiger partial charge in [0.1, 0.15) is 4.90 Å². The number of amides is 1. The lowest BCUT2D eigenvalue weighted by molar-refractivity contribution is 0.0919. The molecule has 0 saturated heterocycles. The van der Waals surface area contributed by atoms with Crippen molar-refractivity contribution in [2.75, 3.05) is 10.8 Å². The summed E-state index contributed by atoms with van der Waals surface area (Å²) in [5, 5.41) is 2.93. The summed E-state index contributed by atoms with van der Waals surface area (Å²) in [7, 11) is -3.86. The molecule has 1 aliphatic rings. The molecule has 2 aromatic carbocycles. The summed E-state index contributed by atoms with van der Waals surface area (Å²) in [6.45, 7) is 5.94. The molecule has 0 bridgehead atoms. The number of carbonyl (C=O) groups is 1. The van der Waals surface area contributed by atoms with Crippen LogP contribution in [-0.2, 0) is 16.4 Å². The van der Waals surface area contributed by atoms with Crippen LogP contribution in [0.15, 0.2) is 47.4 Å². The van der Waals surface area contributed by atoms with Crippen molar-refractivity contribution < 1.29 is 13.2 Å². The van der Waals surface area contributed by atoms with Crippen molar-refractivity contribution >= 4 is 33.2 Å². The lowest BCUT2D eigenvalue weighted by Crippen LogP contribution is -2.40. The van der Waals surface area contributed by atoms with E-state index in [-0.39, 0.29) is 21.4 Å². The van der Waals surface area contributed by atoms with Crippen LogP contribution in [0.3, 0.4) is 0 Å². The molecule has 1 amide bonds. The second-order valence-corrected chi connectivity index (χ2v) is 9.54. The number of rotatable bonds is 3. The number of hydrogen-bond donors (Lipinski definition) is 1. The first-order valence-corrected chi connectivity index (χ1v) is 10.1. The number of anilines is 1. The van der Waals surface area contributed by atoms with Crippen LogP contribution in [0.4, 0.5) is 5.69 Å². The molecule has 2 aromatic rings. The lowest BCUT2D eigenvalue weighted by atomic mass is 10.1. The Balaban J connectivity index is 2.01. The number of carbonyl (C=O) groups excluding carboxylic acids is 1. The largest absolute Gasteiger partial charge is 0.347 e. The average Bonchev–Trinajstić information content (AvgIpc) is 2.98. The molecule has 3 rings (SSSR count). The van der Waals surface area contributed by atoms with E-state index < -0.39 is 15.6 Å². The Morgan fingerprint density at radius 2 is 1.85 bits per heavy atom. The second kappa shape index (κ2) is 6.59. The first-order chi connectivity index (χ1) is 12.1. The minimum absolute atomic E-state index is 0.0579. The molecule has 0 aromatic heterocycles. The van der Waals surface area contributed by atoms with Gasteiger partial charge in [0, 0.05) is 17.6 Å². The molecular weight excluding hydrogens is 372 g/mol. The number of hydrogen-bond acceptors (Lipinski definition) is 3. The van der Waals surface area contributed by atoms with E-state index in [0.29, 0.717) is 18.7 Å². The molecule has 138 valence electrons. The van der Waals surface area contributed by atoms with E-state index >= 15 is 0 Å². The first kappa shape index (κ1) is 18.7. The highest BCUT2D eigenvalue weighted by molar-refractivity contribution is 7.93. The van der Waals surface area contributed by atoms with E-state index in [2.05, 4.69) is 5.32 Å². The normalized spacial score (nSPS) is 14.2. The number of para-hydroxylation sites is 1. The van der Waals surface area contributed by atoms with Crippen LogP contribution < -0.4 is 9.62 Å². The number of sulfonamides is 1. The van der Waals surface area contributed by atoms with Crippen molar-refractivity contribution in [1.82, 2.24) is 5.32 Å². The molecule has 0 spiro atoms. The van der Waals surface area contributed by atoms with Gasteiger partial charge in [0.2, 0.25) is 0 Å². The van der Waals surface area contributed by atoms with Crippen molar-refractivity contribution in [2.24, 2.45) is 0 Å². The van der Waals surface area contributed by atoms with E-state index in [1.54, 1.807) is 6.07 Å². The predicted octanol–water partition coefficient (Wildman–Crippen LogP) is 3.62. The zero-order valence-corrected chi connectivity index (χ0v) is 16.5. The second-order valence-electron chi connectivity index (χ2n) is 7.31. The van der Waals surface area contributed by atoms with Gasteiger partial charge in [-0.3, -0.25) is 9.10 Å². The summed E-state index contributed by atoms with van der Waals surface area (Å²) in [6.07, 6.45) is 0.650. The van der Waals surface area contributed by atoms with Crippen LogP contribution in [0.1, 0.15) is 36.7 Å². The lowest BCUT2D eigenvalue weighted by Gasteiger charge is -2.22. The van der Waals surface area contributed by atoms with Gasteiger partial charge in [0.25, 0.3) is 15.9 Å². The van der Waals surface area contributed by atoms with Gasteiger partial charge in [-0.2, -0.15) is 0 Å². The van der Waals surface area contributed by atoms with Crippen LogP contribution >= 0.6 is 11.6 Å². The third-order valence-electron chi connectivity index (χ3n) is 4.09. The molecule has 0 saturated carbocycles. The fraction of sp³-hybridized carbons (Fsp3) is 0.316. The smallest absolute Gasteiger partial charge is 0.265 e. The fourth-order valence-electron chi connectivity index (χ4n) is 2.93. The van der Waals surface area contributed by atoms with Crippen LogP contribution in [0.5, 0.6) is 0 Å². The predicted molar refractivity (Wildman–Crippen MR) is 103 cm³/mol. The van der Waals surface area contributed by atoms with Crippen molar-refractivity contribution in [1.29, 1.82) is 0 Å². The van der Waals surface area contributed by atoms with Crippen molar-refractivity contribution in [2.45, 2.75) is 37.6 Å². The minimum atomic E-state index is -3.86. The summed E-state index contributed by atoms with van der Waals surface area (Å²) >= 11 is 6.19. The molecule has 0 fully saturated rings. The number of nitrogens with zero attached hydrogens (tertiary/aromatic N) is 1. The topological polar surface area (TPSA) is 66.5 Å². The molecule has 5 nitrogen and oxygen atoms in total. The molecule has 1 heterocycles. The van der Waals surface area contributed by atoms with E-state index in [1.165, 1.54) is 22.5 Å². The molecule has 26 heavy (non-hydrogen) atoms. The highest BCUT2D eigenvalue weighted by Crippen LogP contribution is 2.35. The highest BCUT2D eigenvalue weighted by Gasteiger charge is 2.32. The van der Waals surface area contributed by atoms with Crippen LogP contribution in [0, 0.1) is 0 Å². The van der Waals surface area contributed by atoms with Crippen LogP contribution in [-0.4, -0.2) is 26.4 Å². The third kappa shape index (κ3) is 3.57. The maximum atomic E-state index is 13.2. The van der Waals surface area contributed by atoms with Gasteiger partial charge in [-0.05, 0) is 57.0 Å². The fourth-order valence-corrected chi connectivity index (χ4v) is 4.94. The van der Waals surface area contributed by atoms with Crippen molar-refractivity contribution in [3.63, 3.8) is 0 Å². The van der Waals surface area contributed by atoms with E-state index in [4.69, 9.17) is 11.6 Å². The zero-order valence-electron chi connectivity index (χ0n) is 14.9. The number of fused-ring (bicyclic) bond motifs is 1. The Hall–Kier alpha value is -2.05. The van der Waals surface area contributed by atoms with E-state index in [0.717, 1.165) is 5.56 Å². The van der Waals surface area contributed by atoms with E-state index in [1.807, 2.05) is 39.0 Å². The third-order valence-corrected chi connectivity index (χ3v) is 6.39. The van der Waals surface area contributed by atoms with Crippen LogP contribution in [0.25, 0.3) is 0 Å². The monoisotopic (exact) mass is 392 g/mol. The average molecular weight is 393 g/mol. The van der Waals surface area contributed by atoms with Gasteiger partial charge in [-0.25, -0.2) is 8.42 Å². The summed E-state index contributed by atoms with van der Waals surface area (Å²) in [4.78, 5) is 12.3. The molecule has 1 N–H and O–H groups in total. The Labute approximate surface area is 159 Å². The summed E-state index contributed by atoms with van der Waals surface area (Å²) in [6, 6.07) is 11.7. The Morgan fingerprint density at radius 3 is 2.54 bits per heavy atom. The number of nitrogens with one attached hydrogen (secondary N) is 1. The summed E-state index contributed by atoms with van der Waals surface area (Å²) in [5.41, 5.74) is 1.47.